The Balaban J connectivity index is 2.07. The summed E-state index contributed by atoms with van der Waals surface area (Å²) in [5.74, 6) is -0.273. The summed E-state index contributed by atoms with van der Waals surface area (Å²) in [4.78, 5) is 24.4. The maximum absolute atomic E-state index is 12.3. The van der Waals surface area contributed by atoms with E-state index in [1.807, 2.05) is 20.8 Å². The highest BCUT2D eigenvalue weighted by Gasteiger charge is 2.46. The molecular formula is C17H29NO4. The summed E-state index contributed by atoms with van der Waals surface area (Å²) in [7, 11) is 1.42. The Morgan fingerprint density at radius 3 is 2.23 bits per heavy atom. The monoisotopic (exact) mass is 311 g/mol. The molecule has 22 heavy (non-hydrogen) atoms. The second-order valence-electron chi connectivity index (χ2n) is 7.54. The lowest BCUT2D eigenvalue weighted by Gasteiger charge is -2.30. The third kappa shape index (κ3) is 4.22. The lowest BCUT2D eigenvalue weighted by molar-refractivity contribution is -0.157. The zero-order chi connectivity index (χ0) is 16.3. The SMILES string of the molecule is COC(=O)C1CC(C(=O)OC(C)(C)C)NC1C1CCCCC1. The zero-order valence-electron chi connectivity index (χ0n) is 14.2. The molecule has 5 nitrogen and oxygen atoms in total. The van der Waals surface area contributed by atoms with Crippen molar-refractivity contribution < 1.29 is 19.1 Å². The van der Waals surface area contributed by atoms with Crippen molar-refractivity contribution >= 4 is 11.9 Å². The Morgan fingerprint density at radius 2 is 1.68 bits per heavy atom. The molecule has 1 heterocycles. The summed E-state index contributed by atoms with van der Waals surface area (Å²) < 4.78 is 10.4. The first-order valence-electron chi connectivity index (χ1n) is 8.38. The van der Waals surface area contributed by atoms with E-state index in [2.05, 4.69) is 5.32 Å². The number of hydrogen-bond acceptors (Lipinski definition) is 5. The second-order valence-corrected chi connectivity index (χ2v) is 7.54. The molecule has 1 saturated carbocycles. The molecule has 1 aliphatic heterocycles. The van der Waals surface area contributed by atoms with Gasteiger partial charge in [-0.05, 0) is 46.0 Å². The van der Waals surface area contributed by atoms with Crippen LogP contribution in [0.4, 0.5) is 0 Å². The number of carbonyl (C=O) groups is 2. The first kappa shape index (κ1) is 17.3. The van der Waals surface area contributed by atoms with E-state index in [0.29, 0.717) is 12.3 Å². The molecule has 2 aliphatic rings. The van der Waals surface area contributed by atoms with E-state index in [0.717, 1.165) is 12.8 Å². The summed E-state index contributed by atoms with van der Waals surface area (Å²) in [5.41, 5.74) is -0.511. The van der Waals surface area contributed by atoms with Gasteiger partial charge in [-0.25, -0.2) is 0 Å². The van der Waals surface area contributed by atoms with Crippen LogP contribution in [0.5, 0.6) is 0 Å². The van der Waals surface area contributed by atoms with Gasteiger partial charge in [-0.2, -0.15) is 0 Å². The Hall–Kier alpha value is -1.10. The number of nitrogens with one attached hydrogen (secondary N) is 1. The van der Waals surface area contributed by atoms with Gasteiger partial charge in [0.15, 0.2) is 0 Å². The minimum Gasteiger partial charge on any atom is -0.469 e. The summed E-state index contributed by atoms with van der Waals surface area (Å²) in [5, 5.41) is 3.37. The number of methoxy groups -OCH3 is 1. The normalized spacial score (nSPS) is 30.1. The van der Waals surface area contributed by atoms with Crippen molar-refractivity contribution in [2.24, 2.45) is 11.8 Å². The Labute approximate surface area is 133 Å². The van der Waals surface area contributed by atoms with Crippen LogP contribution in [0, 0.1) is 11.8 Å². The van der Waals surface area contributed by atoms with Crippen molar-refractivity contribution in [2.45, 2.75) is 77.0 Å². The fourth-order valence-corrected chi connectivity index (χ4v) is 3.71. The van der Waals surface area contributed by atoms with Gasteiger partial charge >= 0.3 is 11.9 Å². The predicted molar refractivity (Wildman–Crippen MR) is 83.3 cm³/mol. The molecule has 0 spiro atoms. The molecule has 0 aromatic carbocycles. The first-order chi connectivity index (χ1) is 10.3. The number of esters is 2. The highest BCUT2D eigenvalue weighted by molar-refractivity contribution is 5.80. The van der Waals surface area contributed by atoms with Crippen molar-refractivity contribution in [3.63, 3.8) is 0 Å². The smallest absolute Gasteiger partial charge is 0.323 e. The van der Waals surface area contributed by atoms with E-state index < -0.39 is 11.6 Å². The standard InChI is InChI=1S/C17H29NO4/c1-17(2,3)22-16(20)13-10-12(15(19)21-4)14(18-13)11-8-6-5-7-9-11/h11-14,18H,5-10H2,1-4H3. The molecule has 3 atom stereocenters. The van der Waals surface area contributed by atoms with Gasteiger partial charge in [-0.3, -0.25) is 9.59 Å². The lowest BCUT2D eigenvalue weighted by Crippen LogP contribution is -2.44. The number of rotatable bonds is 3. The molecule has 2 fully saturated rings. The quantitative estimate of drug-likeness (QED) is 0.811. The van der Waals surface area contributed by atoms with Crippen LogP contribution >= 0.6 is 0 Å². The van der Waals surface area contributed by atoms with E-state index in [9.17, 15) is 9.59 Å². The minimum atomic E-state index is -0.511. The van der Waals surface area contributed by atoms with Crippen molar-refractivity contribution in [1.29, 1.82) is 0 Å². The molecule has 0 aromatic heterocycles. The van der Waals surface area contributed by atoms with E-state index in [1.165, 1.54) is 26.4 Å². The molecule has 1 N–H and O–H groups in total. The largest absolute Gasteiger partial charge is 0.469 e. The van der Waals surface area contributed by atoms with Crippen molar-refractivity contribution in [1.82, 2.24) is 5.32 Å². The van der Waals surface area contributed by atoms with Gasteiger partial charge < -0.3 is 14.8 Å². The molecule has 0 bridgehead atoms. The topological polar surface area (TPSA) is 64.6 Å². The molecule has 2 rings (SSSR count). The van der Waals surface area contributed by atoms with Crippen molar-refractivity contribution in [3.05, 3.63) is 0 Å². The van der Waals surface area contributed by atoms with Crippen LogP contribution in [0.15, 0.2) is 0 Å². The van der Waals surface area contributed by atoms with E-state index in [-0.39, 0.29) is 23.9 Å². The molecule has 0 amide bonds. The number of hydrogen-bond donors (Lipinski definition) is 1. The van der Waals surface area contributed by atoms with Gasteiger partial charge in [-0.15, -0.1) is 0 Å². The highest BCUT2D eigenvalue weighted by atomic mass is 16.6. The molecule has 1 saturated heterocycles. The summed E-state index contributed by atoms with van der Waals surface area (Å²) in [6.45, 7) is 5.57. The van der Waals surface area contributed by atoms with E-state index >= 15 is 0 Å². The third-order valence-corrected chi connectivity index (χ3v) is 4.67. The van der Waals surface area contributed by atoms with E-state index in [1.54, 1.807) is 0 Å². The summed E-state index contributed by atoms with van der Waals surface area (Å²) in [6, 6.07) is -0.375. The van der Waals surface area contributed by atoms with Gasteiger partial charge in [0.1, 0.15) is 11.6 Å². The summed E-state index contributed by atoms with van der Waals surface area (Å²) in [6.07, 6.45) is 6.38. The number of ether oxygens (including phenoxy) is 2. The average molecular weight is 311 g/mol. The van der Waals surface area contributed by atoms with Crippen LogP contribution in [0.1, 0.15) is 59.3 Å². The molecule has 126 valence electrons. The van der Waals surface area contributed by atoms with Gasteiger partial charge in [0, 0.05) is 6.04 Å². The molecule has 1 aliphatic carbocycles. The summed E-state index contributed by atoms with van der Waals surface area (Å²) >= 11 is 0. The molecule has 3 unspecified atom stereocenters. The maximum atomic E-state index is 12.3. The van der Waals surface area contributed by atoms with Crippen LogP contribution < -0.4 is 5.32 Å². The second kappa shape index (κ2) is 6.99. The van der Waals surface area contributed by atoms with Crippen LogP contribution in [-0.2, 0) is 19.1 Å². The molecular weight excluding hydrogens is 282 g/mol. The van der Waals surface area contributed by atoms with Gasteiger partial charge in [-0.1, -0.05) is 19.3 Å². The lowest BCUT2D eigenvalue weighted by atomic mass is 9.79. The van der Waals surface area contributed by atoms with Crippen molar-refractivity contribution in [2.75, 3.05) is 7.11 Å². The average Bonchev–Trinajstić information content (AvgIpc) is 2.91. The van der Waals surface area contributed by atoms with Crippen LogP contribution in [0.2, 0.25) is 0 Å². The van der Waals surface area contributed by atoms with Gasteiger partial charge in [0.05, 0.1) is 13.0 Å². The van der Waals surface area contributed by atoms with Gasteiger partial charge in [0.2, 0.25) is 0 Å². The van der Waals surface area contributed by atoms with Crippen molar-refractivity contribution in [3.8, 4) is 0 Å². The van der Waals surface area contributed by atoms with E-state index in [4.69, 9.17) is 9.47 Å². The predicted octanol–water partition coefficient (Wildman–Crippen LogP) is 2.43. The first-order valence-corrected chi connectivity index (χ1v) is 8.38. The van der Waals surface area contributed by atoms with Crippen LogP contribution in [-0.4, -0.2) is 36.7 Å². The highest BCUT2D eigenvalue weighted by Crippen LogP contribution is 2.35. The molecule has 5 heteroatoms. The Bertz CT molecular complexity index is 409. The minimum absolute atomic E-state index is 0.0327. The Morgan fingerprint density at radius 1 is 1.05 bits per heavy atom. The molecule has 0 radical (unpaired) electrons. The molecule has 0 aromatic rings. The maximum Gasteiger partial charge on any atom is 0.323 e. The van der Waals surface area contributed by atoms with Gasteiger partial charge in [0.25, 0.3) is 0 Å². The Kier molecular flexibility index (Phi) is 5.48. The number of carbonyl (C=O) groups excluding carboxylic acids is 2. The third-order valence-electron chi connectivity index (χ3n) is 4.67. The van der Waals surface area contributed by atoms with Crippen LogP contribution in [0.25, 0.3) is 0 Å². The fraction of sp³-hybridized carbons (Fsp3) is 0.882. The zero-order valence-corrected chi connectivity index (χ0v) is 14.2. The van der Waals surface area contributed by atoms with Crippen LogP contribution in [0.3, 0.4) is 0 Å². The fourth-order valence-electron chi connectivity index (χ4n) is 3.71.